The lowest BCUT2D eigenvalue weighted by Gasteiger charge is -2.23. The van der Waals surface area contributed by atoms with Crippen LogP contribution in [0.1, 0.15) is 45.7 Å². The maximum Gasteiger partial charge on any atom is 0.120 e. The molecule has 0 fully saturated rings. The van der Waals surface area contributed by atoms with E-state index in [2.05, 4.69) is 51.2 Å². The van der Waals surface area contributed by atoms with Gasteiger partial charge in [-0.1, -0.05) is 32.4 Å². The average Bonchev–Trinajstić information content (AvgIpc) is 2.29. The highest BCUT2D eigenvalue weighted by Gasteiger charge is 2.16. The number of nitrogens with one attached hydrogen (secondary N) is 1. The van der Waals surface area contributed by atoms with Crippen LogP contribution in [-0.2, 0) is 0 Å². The summed E-state index contributed by atoms with van der Waals surface area (Å²) in [7, 11) is 2.02. The summed E-state index contributed by atoms with van der Waals surface area (Å²) in [4.78, 5) is 0. The van der Waals surface area contributed by atoms with Crippen molar-refractivity contribution in [3.63, 3.8) is 0 Å². The van der Waals surface area contributed by atoms with E-state index < -0.39 is 0 Å². The number of hydrogen-bond acceptors (Lipinski definition) is 2. The highest BCUT2D eigenvalue weighted by atomic mass is 16.5. The molecule has 1 rings (SSSR count). The molecule has 0 heterocycles. The van der Waals surface area contributed by atoms with Crippen LogP contribution >= 0.6 is 0 Å². The molecule has 2 unspecified atom stereocenters. The minimum Gasteiger partial charge on any atom is -0.491 e. The summed E-state index contributed by atoms with van der Waals surface area (Å²) >= 11 is 0. The largest absolute Gasteiger partial charge is 0.491 e. The lowest BCUT2D eigenvalue weighted by Crippen LogP contribution is -2.23. The van der Waals surface area contributed by atoms with Crippen molar-refractivity contribution >= 4 is 0 Å². The van der Waals surface area contributed by atoms with Crippen molar-refractivity contribution in [2.45, 2.75) is 46.3 Å². The standard InChI is InChI=1S/C15H25NO/c1-6-12(4)15(16-5)13-8-7-9-14(10-13)17-11(2)3/h7-12,15-16H,6H2,1-5H3. The van der Waals surface area contributed by atoms with Gasteiger partial charge in [-0.25, -0.2) is 0 Å². The van der Waals surface area contributed by atoms with Crippen molar-refractivity contribution in [3.05, 3.63) is 29.8 Å². The van der Waals surface area contributed by atoms with Crippen LogP contribution in [0.15, 0.2) is 24.3 Å². The third-order valence-electron chi connectivity index (χ3n) is 3.11. The zero-order valence-corrected chi connectivity index (χ0v) is 11.7. The molecule has 96 valence electrons. The smallest absolute Gasteiger partial charge is 0.120 e. The normalized spacial score (nSPS) is 14.7. The van der Waals surface area contributed by atoms with E-state index in [1.54, 1.807) is 0 Å². The lowest BCUT2D eigenvalue weighted by molar-refractivity contribution is 0.241. The lowest BCUT2D eigenvalue weighted by atomic mass is 9.92. The third-order valence-corrected chi connectivity index (χ3v) is 3.11. The Bertz CT molecular complexity index is 335. The molecule has 0 bridgehead atoms. The molecule has 0 radical (unpaired) electrons. The van der Waals surface area contributed by atoms with Crippen LogP contribution in [0.3, 0.4) is 0 Å². The predicted octanol–water partition coefficient (Wildman–Crippen LogP) is 3.78. The molecule has 2 heteroatoms. The van der Waals surface area contributed by atoms with Gasteiger partial charge in [0.15, 0.2) is 0 Å². The Kier molecular flexibility index (Phi) is 5.49. The summed E-state index contributed by atoms with van der Waals surface area (Å²) in [5.41, 5.74) is 1.31. The van der Waals surface area contributed by atoms with Crippen LogP contribution in [0.4, 0.5) is 0 Å². The fraction of sp³-hybridized carbons (Fsp3) is 0.600. The Morgan fingerprint density at radius 1 is 1.24 bits per heavy atom. The summed E-state index contributed by atoms with van der Waals surface area (Å²) < 4.78 is 5.74. The first-order valence-corrected chi connectivity index (χ1v) is 6.52. The van der Waals surface area contributed by atoms with E-state index in [9.17, 15) is 0 Å². The second-order valence-electron chi connectivity index (χ2n) is 4.89. The van der Waals surface area contributed by atoms with Gasteiger partial charge in [-0.15, -0.1) is 0 Å². The predicted molar refractivity (Wildman–Crippen MR) is 73.5 cm³/mol. The summed E-state index contributed by atoms with van der Waals surface area (Å²) in [5, 5.41) is 3.39. The molecule has 0 aliphatic carbocycles. The van der Waals surface area contributed by atoms with E-state index in [0.717, 1.165) is 5.75 Å². The van der Waals surface area contributed by atoms with Crippen LogP contribution in [0.2, 0.25) is 0 Å². The van der Waals surface area contributed by atoms with Gasteiger partial charge in [0, 0.05) is 6.04 Å². The quantitative estimate of drug-likeness (QED) is 0.810. The van der Waals surface area contributed by atoms with Gasteiger partial charge in [-0.05, 0) is 44.5 Å². The average molecular weight is 235 g/mol. The van der Waals surface area contributed by atoms with Crippen molar-refractivity contribution in [3.8, 4) is 5.75 Å². The summed E-state index contributed by atoms with van der Waals surface area (Å²) in [5.74, 6) is 1.58. The van der Waals surface area contributed by atoms with Crippen LogP contribution in [0.5, 0.6) is 5.75 Å². The molecule has 1 aromatic carbocycles. The molecular formula is C15H25NO. The summed E-state index contributed by atoms with van der Waals surface area (Å²) in [6.45, 7) is 8.61. The molecule has 0 aliphatic rings. The Morgan fingerprint density at radius 2 is 1.94 bits per heavy atom. The topological polar surface area (TPSA) is 21.3 Å². The second kappa shape index (κ2) is 6.65. The fourth-order valence-corrected chi connectivity index (χ4v) is 2.07. The van der Waals surface area contributed by atoms with Crippen LogP contribution in [-0.4, -0.2) is 13.2 Å². The maximum absolute atomic E-state index is 5.74. The van der Waals surface area contributed by atoms with E-state index in [0.29, 0.717) is 12.0 Å². The Balaban J connectivity index is 2.88. The Morgan fingerprint density at radius 3 is 2.47 bits per heavy atom. The molecule has 0 amide bonds. The molecule has 0 spiro atoms. The molecule has 0 aromatic heterocycles. The van der Waals surface area contributed by atoms with Gasteiger partial charge in [0.2, 0.25) is 0 Å². The van der Waals surface area contributed by atoms with Gasteiger partial charge in [0.1, 0.15) is 5.75 Å². The number of hydrogen-bond donors (Lipinski definition) is 1. The number of rotatable bonds is 6. The van der Waals surface area contributed by atoms with Gasteiger partial charge in [0.05, 0.1) is 6.10 Å². The molecule has 2 nitrogen and oxygen atoms in total. The molecule has 1 aromatic rings. The summed E-state index contributed by atoms with van der Waals surface area (Å²) in [6.07, 6.45) is 1.39. The van der Waals surface area contributed by atoms with Crippen molar-refractivity contribution in [2.75, 3.05) is 7.05 Å². The molecular weight excluding hydrogens is 210 g/mol. The molecule has 0 saturated carbocycles. The van der Waals surface area contributed by atoms with Crippen LogP contribution < -0.4 is 10.1 Å². The Hall–Kier alpha value is -1.02. The van der Waals surface area contributed by atoms with E-state index >= 15 is 0 Å². The van der Waals surface area contributed by atoms with Gasteiger partial charge in [-0.2, -0.15) is 0 Å². The first kappa shape index (κ1) is 14.0. The molecule has 17 heavy (non-hydrogen) atoms. The maximum atomic E-state index is 5.74. The first-order chi connectivity index (χ1) is 8.08. The van der Waals surface area contributed by atoms with Crippen LogP contribution in [0, 0.1) is 5.92 Å². The highest BCUT2D eigenvalue weighted by molar-refractivity contribution is 5.31. The van der Waals surface area contributed by atoms with Crippen molar-refractivity contribution in [1.29, 1.82) is 0 Å². The van der Waals surface area contributed by atoms with E-state index in [1.807, 2.05) is 13.1 Å². The molecule has 0 aliphatic heterocycles. The van der Waals surface area contributed by atoms with Gasteiger partial charge >= 0.3 is 0 Å². The fourth-order valence-electron chi connectivity index (χ4n) is 2.07. The van der Waals surface area contributed by atoms with E-state index in [1.165, 1.54) is 12.0 Å². The second-order valence-corrected chi connectivity index (χ2v) is 4.89. The monoisotopic (exact) mass is 235 g/mol. The Labute approximate surface area is 105 Å². The van der Waals surface area contributed by atoms with Crippen LogP contribution in [0.25, 0.3) is 0 Å². The van der Waals surface area contributed by atoms with Gasteiger partial charge in [-0.3, -0.25) is 0 Å². The van der Waals surface area contributed by atoms with E-state index in [4.69, 9.17) is 4.74 Å². The minimum absolute atomic E-state index is 0.224. The van der Waals surface area contributed by atoms with E-state index in [-0.39, 0.29) is 6.10 Å². The third kappa shape index (κ3) is 4.04. The zero-order chi connectivity index (χ0) is 12.8. The van der Waals surface area contributed by atoms with Crippen molar-refractivity contribution in [2.24, 2.45) is 5.92 Å². The SMILES string of the molecule is CCC(C)C(NC)c1cccc(OC(C)C)c1. The minimum atomic E-state index is 0.224. The van der Waals surface area contributed by atoms with Gasteiger partial charge < -0.3 is 10.1 Å². The summed E-state index contributed by atoms with van der Waals surface area (Å²) in [6, 6.07) is 8.80. The number of benzene rings is 1. The number of ether oxygens (including phenoxy) is 1. The molecule has 2 atom stereocenters. The first-order valence-electron chi connectivity index (χ1n) is 6.52. The van der Waals surface area contributed by atoms with Crippen molar-refractivity contribution in [1.82, 2.24) is 5.32 Å². The van der Waals surface area contributed by atoms with Crippen molar-refractivity contribution < 1.29 is 4.74 Å². The van der Waals surface area contributed by atoms with Gasteiger partial charge in [0.25, 0.3) is 0 Å². The zero-order valence-electron chi connectivity index (χ0n) is 11.7. The molecule has 1 N–H and O–H groups in total. The molecule has 0 saturated heterocycles. The highest BCUT2D eigenvalue weighted by Crippen LogP contribution is 2.27.